The molecule has 1 N–H and O–H groups in total. The van der Waals surface area contributed by atoms with Crippen molar-refractivity contribution in [3.8, 4) is 0 Å². The minimum absolute atomic E-state index is 0.0363. The number of amides is 1. The highest BCUT2D eigenvalue weighted by atomic mass is 16.7. The summed E-state index contributed by atoms with van der Waals surface area (Å²) in [5.41, 5.74) is 1.44. The summed E-state index contributed by atoms with van der Waals surface area (Å²) in [5.74, 6) is -0.0363. The highest BCUT2D eigenvalue weighted by Crippen LogP contribution is 2.24. The molecule has 1 fully saturated rings. The van der Waals surface area contributed by atoms with Gasteiger partial charge in [-0.1, -0.05) is 35.5 Å². The van der Waals surface area contributed by atoms with Crippen LogP contribution in [0.5, 0.6) is 0 Å². The van der Waals surface area contributed by atoms with Crippen molar-refractivity contribution in [2.75, 3.05) is 19.6 Å². The van der Waals surface area contributed by atoms with Crippen LogP contribution in [-0.2, 0) is 16.1 Å². The van der Waals surface area contributed by atoms with E-state index in [9.17, 15) is 4.79 Å². The third kappa shape index (κ3) is 4.15. The monoisotopic (exact) mass is 329 g/mol. The van der Waals surface area contributed by atoms with Crippen LogP contribution >= 0.6 is 0 Å². The van der Waals surface area contributed by atoms with Gasteiger partial charge in [-0.05, 0) is 38.7 Å². The molecule has 1 amide bonds. The zero-order chi connectivity index (χ0) is 17.0. The molecule has 0 spiro atoms. The predicted octanol–water partition coefficient (Wildman–Crippen LogP) is 2.36. The molecule has 5 nitrogen and oxygen atoms in total. The molecule has 1 saturated heterocycles. The summed E-state index contributed by atoms with van der Waals surface area (Å²) in [7, 11) is 0. The number of nitrogens with one attached hydrogen (secondary N) is 1. The van der Waals surface area contributed by atoms with E-state index < -0.39 is 5.60 Å². The fraction of sp³-hybridized carbons (Fsp3) is 0.579. The second-order valence-electron chi connectivity index (χ2n) is 7.15. The van der Waals surface area contributed by atoms with Crippen LogP contribution in [0.25, 0.3) is 0 Å². The Hall–Kier alpha value is -1.88. The molecule has 0 bridgehead atoms. The Morgan fingerprint density at radius 1 is 1.33 bits per heavy atom. The van der Waals surface area contributed by atoms with Gasteiger partial charge in [-0.25, -0.2) is 0 Å². The van der Waals surface area contributed by atoms with Crippen LogP contribution in [0.4, 0.5) is 0 Å². The first-order valence-corrected chi connectivity index (χ1v) is 8.84. The molecule has 1 atom stereocenters. The molecule has 3 rings (SSSR count). The molecule has 0 saturated carbocycles. The number of benzene rings is 1. The highest BCUT2D eigenvalue weighted by Gasteiger charge is 2.41. The van der Waals surface area contributed by atoms with Gasteiger partial charge in [0.25, 0.3) is 5.91 Å². The first-order valence-electron chi connectivity index (χ1n) is 8.84. The quantitative estimate of drug-likeness (QED) is 0.902. The van der Waals surface area contributed by atoms with Crippen LogP contribution in [0.3, 0.4) is 0 Å². The number of carbonyl (C=O) groups excluding carboxylic acids is 1. The van der Waals surface area contributed by atoms with Crippen molar-refractivity contribution in [2.45, 2.75) is 51.2 Å². The molecule has 1 aromatic carbocycles. The van der Waals surface area contributed by atoms with Crippen molar-refractivity contribution in [2.24, 2.45) is 5.16 Å². The summed E-state index contributed by atoms with van der Waals surface area (Å²) in [6.07, 6.45) is 3.65. The van der Waals surface area contributed by atoms with Crippen LogP contribution in [0.2, 0.25) is 0 Å². The largest absolute Gasteiger partial charge is 0.379 e. The van der Waals surface area contributed by atoms with Crippen molar-refractivity contribution < 1.29 is 9.63 Å². The average molecular weight is 329 g/mol. The standard InChI is InChI=1S/C19H27N3O2/c1-15-14-19(2,24-21-15)18(23)20-17-9-12-22(13-10-17)11-8-16-6-4-3-5-7-16/h3-7,17H,8-14H2,1-2H3,(H,20,23)/t19-/m1/s1. The number of carbonyl (C=O) groups is 1. The molecule has 0 aliphatic carbocycles. The molecule has 130 valence electrons. The first kappa shape index (κ1) is 17.0. The normalized spacial score (nSPS) is 25.2. The number of hydrogen-bond donors (Lipinski definition) is 1. The SMILES string of the molecule is CC1=NO[C@@](C)(C(=O)NC2CCN(CCc3ccccc3)CC2)C1. The highest BCUT2D eigenvalue weighted by molar-refractivity contribution is 5.94. The van der Waals surface area contributed by atoms with Gasteiger partial charge in [-0.15, -0.1) is 0 Å². The van der Waals surface area contributed by atoms with Crippen molar-refractivity contribution >= 4 is 11.6 Å². The molecule has 1 aromatic rings. The Balaban J connectivity index is 1.40. The summed E-state index contributed by atoms with van der Waals surface area (Å²) in [6.45, 7) is 6.86. The van der Waals surface area contributed by atoms with Crippen molar-refractivity contribution in [1.29, 1.82) is 0 Å². The maximum atomic E-state index is 12.5. The van der Waals surface area contributed by atoms with Crippen LogP contribution < -0.4 is 5.32 Å². The molecule has 0 radical (unpaired) electrons. The van der Waals surface area contributed by atoms with Crippen LogP contribution in [0.15, 0.2) is 35.5 Å². The van der Waals surface area contributed by atoms with Gasteiger partial charge in [-0.3, -0.25) is 4.79 Å². The average Bonchev–Trinajstić information content (AvgIpc) is 2.95. The summed E-state index contributed by atoms with van der Waals surface area (Å²) < 4.78 is 0. The Kier molecular flexibility index (Phi) is 5.19. The van der Waals surface area contributed by atoms with E-state index in [0.29, 0.717) is 6.42 Å². The fourth-order valence-electron chi connectivity index (χ4n) is 3.42. The predicted molar refractivity (Wildman–Crippen MR) is 95.0 cm³/mol. The molecular formula is C19H27N3O2. The van der Waals surface area contributed by atoms with Crippen LogP contribution in [0, 0.1) is 0 Å². The molecule has 5 heteroatoms. The van der Waals surface area contributed by atoms with E-state index in [1.165, 1.54) is 5.56 Å². The number of nitrogens with zero attached hydrogens (tertiary/aromatic N) is 2. The zero-order valence-electron chi connectivity index (χ0n) is 14.6. The van der Waals surface area contributed by atoms with E-state index in [1.54, 1.807) is 0 Å². The van der Waals surface area contributed by atoms with Gasteiger partial charge in [0.15, 0.2) is 0 Å². The lowest BCUT2D eigenvalue weighted by molar-refractivity contribution is -0.142. The van der Waals surface area contributed by atoms with Gasteiger partial charge in [0.1, 0.15) is 0 Å². The Bertz CT molecular complexity index is 594. The Morgan fingerprint density at radius 2 is 2.04 bits per heavy atom. The number of hydrogen-bond acceptors (Lipinski definition) is 4. The second-order valence-corrected chi connectivity index (χ2v) is 7.15. The summed E-state index contributed by atoms with van der Waals surface area (Å²) in [5, 5.41) is 7.07. The van der Waals surface area contributed by atoms with Gasteiger partial charge in [0.2, 0.25) is 5.60 Å². The second kappa shape index (κ2) is 7.34. The fourth-order valence-corrected chi connectivity index (χ4v) is 3.42. The number of piperidine rings is 1. The lowest BCUT2D eigenvalue weighted by atomic mass is 9.97. The van der Waals surface area contributed by atoms with Crippen molar-refractivity contribution in [1.82, 2.24) is 10.2 Å². The maximum absolute atomic E-state index is 12.5. The number of rotatable bonds is 5. The third-order valence-corrected chi connectivity index (χ3v) is 4.96. The van der Waals surface area contributed by atoms with E-state index in [2.05, 4.69) is 45.7 Å². The van der Waals surface area contributed by atoms with Crippen LogP contribution in [-0.4, -0.2) is 47.8 Å². The lowest BCUT2D eigenvalue weighted by Crippen LogP contribution is -2.51. The Labute approximate surface area is 144 Å². The van der Waals surface area contributed by atoms with Crippen LogP contribution in [0.1, 0.15) is 38.7 Å². The summed E-state index contributed by atoms with van der Waals surface area (Å²) >= 11 is 0. The molecule has 24 heavy (non-hydrogen) atoms. The van der Waals surface area contributed by atoms with Gasteiger partial charge < -0.3 is 15.1 Å². The minimum atomic E-state index is -0.825. The van der Waals surface area contributed by atoms with Gasteiger partial charge in [0, 0.05) is 32.1 Å². The van der Waals surface area contributed by atoms with Gasteiger partial charge in [0.05, 0.1) is 5.71 Å². The molecule has 2 aliphatic rings. The summed E-state index contributed by atoms with van der Waals surface area (Å²) in [6, 6.07) is 10.8. The number of likely N-dealkylation sites (tertiary alicyclic amines) is 1. The van der Waals surface area contributed by atoms with Crippen molar-refractivity contribution in [3.63, 3.8) is 0 Å². The third-order valence-electron chi connectivity index (χ3n) is 4.96. The molecule has 0 unspecified atom stereocenters. The van der Waals surface area contributed by atoms with E-state index in [4.69, 9.17) is 4.84 Å². The van der Waals surface area contributed by atoms with Gasteiger partial charge >= 0.3 is 0 Å². The number of oxime groups is 1. The summed E-state index contributed by atoms with van der Waals surface area (Å²) in [4.78, 5) is 20.3. The molecule has 2 heterocycles. The smallest absolute Gasteiger partial charge is 0.267 e. The van der Waals surface area contributed by atoms with E-state index >= 15 is 0 Å². The van der Waals surface area contributed by atoms with E-state index in [1.807, 2.05) is 13.8 Å². The van der Waals surface area contributed by atoms with E-state index in [-0.39, 0.29) is 11.9 Å². The first-order chi connectivity index (χ1) is 11.5. The van der Waals surface area contributed by atoms with E-state index in [0.717, 1.165) is 44.6 Å². The molecule has 2 aliphatic heterocycles. The van der Waals surface area contributed by atoms with Crippen molar-refractivity contribution in [3.05, 3.63) is 35.9 Å². The minimum Gasteiger partial charge on any atom is -0.379 e. The maximum Gasteiger partial charge on any atom is 0.267 e. The molecular weight excluding hydrogens is 302 g/mol. The Morgan fingerprint density at radius 3 is 2.67 bits per heavy atom. The molecule has 0 aromatic heterocycles. The van der Waals surface area contributed by atoms with Gasteiger partial charge in [-0.2, -0.15) is 0 Å². The zero-order valence-corrected chi connectivity index (χ0v) is 14.6. The lowest BCUT2D eigenvalue weighted by Gasteiger charge is -2.33. The topological polar surface area (TPSA) is 53.9 Å².